The first-order valence-electron chi connectivity index (χ1n) is 8.13. The summed E-state index contributed by atoms with van der Waals surface area (Å²) in [6, 6.07) is 7.17. The van der Waals surface area contributed by atoms with Gasteiger partial charge in [-0.25, -0.2) is 0 Å². The normalized spacial score (nSPS) is 10.4. The summed E-state index contributed by atoms with van der Waals surface area (Å²) in [5.41, 5.74) is 3.07. The molecule has 0 aliphatic heterocycles. The number of hydrogen-bond acceptors (Lipinski definition) is 4. The molecule has 0 heterocycles. The van der Waals surface area contributed by atoms with Crippen LogP contribution in [0.2, 0.25) is 0 Å². The quantitative estimate of drug-likeness (QED) is 0.160. The first-order valence-corrected chi connectivity index (χ1v) is 8.53. The van der Waals surface area contributed by atoms with E-state index in [0.29, 0.717) is 29.6 Å². The van der Waals surface area contributed by atoms with Gasteiger partial charge in [0.15, 0.2) is 5.11 Å². The van der Waals surface area contributed by atoms with E-state index in [1.54, 1.807) is 24.3 Å². The molecule has 0 fully saturated rings. The lowest BCUT2D eigenvalue weighted by Gasteiger charge is -2.09. The van der Waals surface area contributed by atoms with Crippen molar-refractivity contribution < 1.29 is 9.53 Å². The maximum absolute atomic E-state index is 12.2. The van der Waals surface area contributed by atoms with E-state index in [1.165, 1.54) is 19.1 Å². The van der Waals surface area contributed by atoms with Crippen LogP contribution in [0.25, 0.3) is 0 Å². The van der Waals surface area contributed by atoms with Crippen LogP contribution < -0.4 is 15.5 Å². The van der Waals surface area contributed by atoms with Gasteiger partial charge in [-0.05, 0) is 30.8 Å². The van der Waals surface area contributed by atoms with E-state index in [1.807, 2.05) is 6.07 Å². The fourth-order valence-corrected chi connectivity index (χ4v) is 2.07. The minimum atomic E-state index is -0.238. The van der Waals surface area contributed by atoms with Crippen molar-refractivity contribution in [3.05, 3.63) is 42.5 Å². The number of nitrogens with zero attached hydrogens (tertiary/aromatic N) is 1. The number of carbonyl (C=O) groups is 1. The van der Waals surface area contributed by atoms with Gasteiger partial charge in [-0.1, -0.05) is 44.4 Å². The largest absolute Gasteiger partial charge is 0.493 e. The highest BCUT2D eigenvalue weighted by Crippen LogP contribution is 2.18. The van der Waals surface area contributed by atoms with Crippen molar-refractivity contribution in [2.75, 3.05) is 13.2 Å². The number of para-hydroxylation sites is 1. The zero-order valence-electron chi connectivity index (χ0n) is 14.1. The van der Waals surface area contributed by atoms with Gasteiger partial charge >= 0.3 is 0 Å². The molecule has 0 atom stereocenters. The Labute approximate surface area is 149 Å². The number of hydrogen-bond donors (Lipinski definition) is 2. The van der Waals surface area contributed by atoms with Crippen LogP contribution >= 0.6 is 12.2 Å². The molecule has 0 amide bonds. The predicted molar refractivity (Wildman–Crippen MR) is 103 cm³/mol. The number of benzene rings is 1. The molecule has 0 aliphatic rings. The lowest BCUT2D eigenvalue weighted by Crippen LogP contribution is -2.32. The number of nitrogens with one attached hydrogen (secondary N) is 2. The van der Waals surface area contributed by atoms with Gasteiger partial charge in [0, 0.05) is 6.54 Å². The van der Waals surface area contributed by atoms with E-state index in [4.69, 9.17) is 17.0 Å². The van der Waals surface area contributed by atoms with Gasteiger partial charge in [0.2, 0.25) is 5.78 Å². The van der Waals surface area contributed by atoms with Crippen molar-refractivity contribution >= 4 is 29.3 Å². The van der Waals surface area contributed by atoms with Gasteiger partial charge in [-0.3, -0.25) is 10.2 Å². The summed E-state index contributed by atoms with van der Waals surface area (Å²) in [5.74, 6) is 0.344. The number of unbranched alkanes of at least 4 members (excludes halogenated alkanes) is 3. The predicted octanol–water partition coefficient (Wildman–Crippen LogP) is 3.46. The Bertz CT molecular complexity index is 573. The maximum Gasteiger partial charge on any atom is 0.209 e. The molecule has 24 heavy (non-hydrogen) atoms. The van der Waals surface area contributed by atoms with Crippen molar-refractivity contribution in [2.45, 2.75) is 32.6 Å². The van der Waals surface area contributed by atoms with E-state index in [-0.39, 0.29) is 5.78 Å². The van der Waals surface area contributed by atoms with E-state index >= 15 is 0 Å². The zero-order chi connectivity index (χ0) is 17.6. The van der Waals surface area contributed by atoms with Gasteiger partial charge in [0.1, 0.15) is 5.75 Å². The molecule has 0 bridgehead atoms. The Morgan fingerprint density at radius 3 is 2.88 bits per heavy atom. The molecule has 130 valence electrons. The van der Waals surface area contributed by atoms with Crippen LogP contribution in [0, 0.1) is 0 Å². The molecule has 6 heteroatoms. The van der Waals surface area contributed by atoms with Gasteiger partial charge in [0.25, 0.3) is 0 Å². The minimum absolute atomic E-state index is 0.238. The van der Waals surface area contributed by atoms with Crippen molar-refractivity contribution in [3.63, 3.8) is 0 Å². The molecule has 1 rings (SSSR count). The van der Waals surface area contributed by atoms with Crippen LogP contribution in [0.3, 0.4) is 0 Å². The number of ketones is 1. The monoisotopic (exact) mass is 347 g/mol. The molecular formula is C18H25N3O2S. The fourth-order valence-electron chi connectivity index (χ4n) is 1.93. The van der Waals surface area contributed by atoms with Crippen molar-refractivity contribution in [3.8, 4) is 5.75 Å². The summed E-state index contributed by atoms with van der Waals surface area (Å²) in [6.45, 7) is 6.88. The summed E-state index contributed by atoms with van der Waals surface area (Å²) in [5, 5.41) is 7.03. The summed E-state index contributed by atoms with van der Waals surface area (Å²) >= 11 is 4.99. The maximum atomic E-state index is 12.2. The third kappa shape index (κ3) is 7.87. The smallest absolute Gasteiger partial charge is 0.209 e. The molecule has 0 aliphatic carbocycles. The minimum Gasteiger partial charge on any atom is -0.493 e. The second-order valence-electron chi connectivity index (χ2n) is 5.14. The van der Waals surface area contributed by atoms with Gasteiger partial charge in [0.05, 0.1) is 18.4 Å². The summed E-state index contributed by atoms with van der Waals surface area (Å²) in [7, 11) is 0. The van der Waals surface area contributed by atoms with E-state index in [2.05, 4.69) is 29.3 Å². The van der Waals surface area contributed by atoms with Crippen molar-refractivity contribution in [1.82, 2.24) is 10.7 Å². The molecule has 1 aromatic carbocycles. The van der Waals surface area contributed by atoms with Crippen LogP contribution in [0.4, 0.5) is 0 Å². The third-order valence-electron chi connectivity index (χ3n) is 3.16. The van der Waals surface area contributed by atoms with Gasteiger partial charge < -0.3 is 10.1 Å². The molecule has 5 nitrogen and oxygen atoms in total. The van der Waals surface area contributed by atoms with E-state index in [9.17, 15) is 4.79 Å². The Morgan fingerprint density at radius 1 is 1.33 bits per heavy atom. The van der Waals surface area contributed by atoms with Crippen molar-refractivity contribution in [2.24, 2.45) is 5.10 Å². The molecule has 0 saturated carbocycles. The second kappa shape index (κ2) is 12.2. The highest BCUT2D eigenvalue weighted by Gasteiger charge is 2.10. The fraction of sp³-hybridized carbons (Fsp3) is 0.389. The van der Waals surface area contributed by atoms with Crippen LogP contribution in [-0.4, -0.2) is 30.3 Å². The first-order chi connectivity index (χ1) is 11.7. The zero-order valence-corrected chi connectivity index (χ0v) is 14.9. The second-order valence-corrected chi connectivity index (χ2v) is 5.55. The molecular weight excluding hydrogens is 322 g/mol. The highest BCUT2D eigenvalue weighted by atomic mass is 32.1. The highest BCUT2D eigenvalue weighted by molar-refractivity contribution is 7.80. The summed E-state index contributed by atoms with van der Waals surface area (Å²) in [4.78, 5) is 12.2. The number of carbonyl (C=O) groups excluding carboxylic acids is 1. The molecule has 0 spiro atoms. The summed E-state index contributed by atoms with van der Waals surface area (Å²) in [6.07, 6.45) is 7.37. The van der Waals surface area contributed by atoms with Crippen LogP contribution in [0.1, 0.15) is 43.0 Å². The van der Waals surface area contributed by atoms with Crippen LogP contribution in [0.15, 0.2) is 42.0 Å². The SMILES string of the molecule is C=CCNC(=S)N/N=C/C(=O)c1ccccc1OCCCCCC. The number of ether oxygens (including phenoxy) is 1. The average Bonchev–Trinajstić information content (AvgIpc) is 2.60. The third-order valence-corrected chi connectivity index (χ3v) is 3.40. The molecule has 1 aromatic rings. The number of hydrazone groups is 1. The number of thiocarbonyl (C=S) groups is 1. The van der Waals surface area contributed by atoms with E-state index < -0.39 is 0 Å². The molecule has 0 unspecified atom stereocenters. The van der Waals surface area contributed by atoms with Crippen LogP contribution in [-0.2, 0) is 0 Å². The number of rotatable bonds is 11. The lowest BCUT2D eigenvalue weighted by atomic mass is 10.1. The van der Waals surface area contributed by atoms with Gasteiger partial charge in [-0.15, -0.1) is 6.58 Å². The Hall–Kier alpha value is -2.21. The first kappa shape index (κ1) is 19.8. The van der Waals surface area contributed by atoms with E-state index in [0.717, 1.165) is 12.8 Å². The van der Waals surface area contributed by atoms with Gasteiger partial charge in [-0.2, -0.15) is 5.10 Å². The lowest BCUT2D eigenvalue weighted by molar-refractivity contribution is 0.106. The molecule has 0 saturated heterocycles. The van der Waals surface area contributed by atoms with Crippen LogP contribution in [0.5, 0.6) is 5.75 Å². The Morgan fingerprint density at radius 2 is 2.12 bits per heavy atom. The molecule has 0 aromatic heterocycles. The average molecular weight is 347 g/mol. The Balaban J connectivity index is 2.54. The Kier molecular flexibility index (Phi) is 10.1. The molecule has 2 N–H and O–H groups in total. The van der Waals surface area contributed by atoms with Crippen molar-refractivity contribution in [1.29, 1.82) is 0 Å². The summed E-state index contributed by atoms with van der Waals surface area (Å²) < 4.78 is 5.73. The topological polar surface area (TPSA) is 62.7 Å². The standard InChI is InChI=1S/C18H25N3O2S/c1-3-5-6-9-13-23-17-11-8-7-10-15(17)16(22)14-20-21-18(24)19-12-4-2/h4,7-8,10-11,14H,2-3,5-6,9,12-13H2,1H3,(H2,19,21,24)/b20-14+. The molecule has 0 radical (unpaired) electrons. The number of Topliss-reactive ketones (excluding diaryl/α,β-unsaturated/α-hetero) is 1.